The molecule has 1 heterocycles. The maximum absolute atomic E-state index is 13.2. The molecule has 0 spiro atoms. The van der Waals surface area contributed by atoms with Crippen LogP contribution in [0.1, 0.15) is 46.5 Å². The monoisotopic (exact) mass is 613 g/mol. The molecule has 1 aliphatic heterocycles. The highest BCUT2D eigenvalue weighted by Crippen LogP contribution is 2.36. The minimum Gasteiger partial charge on any atom is -0.481 e. The zero-order valence-electron chi connectivity index (χ0n) is 25.1. The molecule has 242 valence electrons. The Morgan fingerprint density at radius 3 is 2.14 bits per heavy atom. The zero-order valence-corrected chi connectivity index (χ0v) is 25.1. The molecule has 16 heteroatoms. The highest BCUT2D eigenvalue weighted by Gasteiger charge is 2.48. The van der Waals surface area contributed by atoms with E-state index >= 15 is 0 Å². The van der Waals surface area contributed by atoms with Crippen LogP contribution < -0.4 is 21.3 Å². The average molecular weight is 614 g/mol. The topological polar surface area (TPSA) is 230 Å². The first-order chi connectivity index (χ1) is 20.1. The highest BCUT2D eigenvalue weighted by molar-refractivity contribution is 5.95. The molecule has 6 atom stereocenters. The number of likely N-dealkylation sites (N-methyl/N-ethyl adjacent to an activating group) is 1. The lowest BCUT2D eigenvalue weighted by atomic mass is 9.75. The minimum atomic E-state index is -1.40. The molecule has 1 fully saturated rings. The molecule has 0 aromatic rings. The molecule has 0 aromatic heterocycles. The van der Waals surface area contributed by atoms with Gasteiger partial charge in [-0.1, -0.05) is 13.0 Å². The molecule has 4 amide bonds. The number of carboxylic acids is 2. The summed E-state index contributed by atoms with van der Waals surface area (Å²) in [7, 11) is 3.60. The molecule has 0 bridgehead atoms. The number of nitrogens with one attached hydrogen (secondary N) is 4. The Labute approximate surface area is 249 Å². The first-order valence-electron chi connectivity index (χ1n) is 13.8. The predicted molar refractivity (Wildman–Crippen MR) is 150 cm³/mol. The van der Waals surface area contributed by atoms with Gasteiger partial charge in [-0.2, -0.15) is 0 Å². The number of ether oxygens (including phenoxy) is 2. The fourth-order valence-electron chi connectivity index (χ4n) is 4.58. The van der Waals surface area contributed by atoms with E-state index in [4.69, 9.17) is 9.47 Å². The van der Waals surface area contributed by atoms with E-state index < -0.39 is 104 Å². The van der Waals surface area contributed by atoms with Crippen LogP contribution in [0.25, 0.3) is 0 Å². The van der Waals surface area contributed by atoms with Gasteiger partial charge in [-0.3, -0.25) is 33.6 Å². The number of amides is 4. The number of carbonyl (C=O) groups excluding carboxylic acids is 5. The van der Waals surface area contributed by atoms with Gasteiger partial charge in [0.05, 0.1) is 31.4 Å². The molecule has 1 saturated heterocycles. The molecule has 0 saturated carbocycles. The van der Waals surface area contributed by atoms with Crippen molar-refractivity contribution in [1.82, 2.24) is 26.2 Å². The number of rotatable bonds is 17. The smallest absolute Gasteiger partial charge is 0.303 e. The fourth-order valence-corrected chi connectivity index (χ4v) is 4.58. The van der Waals surface area contributed by atoms with Crippen LogP contribution >= 0.6 is 0 Å². The minimum absolute atomic E-state index is 0.291. The second-order valence-electron chi connectivity index (χ2n) is 10.4. The molecule has 0 radical (unpaired) electrons. The normalized spacial score (nSPS) is 22.3. The molecule has 1 aliphatic rings. The Hall–Kier alpha value is -4.05. The second-order valence-corrected chi connectivity index (χ2v) is 10.4. The number of carboxylic acid groups (broad SMARTS) is 2. The predicted octanol–water partition coefficient (Wildman–Crippen LogP) is -1.40. The number of esters is 1. The molecule has 1 unspecified atom stereocenters. The Kier molecular flexibility index (Phi) is 15.9. The molecular formula is C27H43N5O11. The van der Waals surface area contributed by atoms with Crippen LogP contribution in [0.4, 0.5) is 0 Å². The first-order valence-corrected chi connectivity index (χ1v) is 13.8. The standard InChI is InChI=1S/C27H43N5O11/c1-6-9-28-26(41)19(30-21(35)8-7-10-32(4)5)13-22(36)31-27-25(29-15(2)33)18(12-24(39)40)17(11-23(37)38)20(43-27)14-42-16(3)34/h7-8,17-20,25,27H,6,9-14H2,1-5H3,(H,28,41)(H,29,33)(H,30,35)(H,31,36)(H,37,38)(H,39,40)/b8-7+/t17-,18+,19?,20-,25+,27+/m0/s1. The quantitative estimate of drug-likeness (QED) is 0.0822. The third-order valence-corrected chi connectivity index (χ3v) is 6.39. The zero-order chi connectivity index (χ0) is 32.7. The number of hydrogen-bond acceptors (Lipinski definition) is 10. The summed E-state index contributed by atoms with van der Waals surface area (Å²) >= 11 is 0. The summed E-state index contributed by atoms with van der Waals surface area (Å²) in [6, 6.07) is -2.50. The van der Waals surface area contributed by atoms with E-state index in [2.05, 4.69) is 21.3 Å². The lowest BCUT2D eigenvalue weighted by molar-refractivity contribution is -0.183. The van der Waals surface area contributed by atoms with Gasteiger partial charge in [0, 0.05) is 38.9 Å². The molecule has 16 nitrogen and oxygen atoms in total. The van der Waals surface area contributed by atoms with E-state index in [1.54, 1.807) is 20.2 Å². The van der Waals surface area contributed by atoms with Gasteiger partial charge in [0.15, 0.2) is 6.23 Å². The summed E-state index contributed by atoms with van der Waals surface area (Å²) in [6.07, 6.45) is -0.891. The number of hydrogen-bond donors (Lipinski definition) is 6. The van der Waals surface area contributed by atoms with Gasteiger partial charge in [0.25, 0.3) is 0 Å². The van der Waals surface area contributed by atoms with Crippen LogP contribution in [0.2, 0.25) is 0 Å². The first kappa shape index (κ1) is 37.0. The summed E-state index contributed by atoms with van der Waals surface area (Å²) in [4.78, 5) is 87.3. The van der Waals surface area contributed by atoms with Crippen LogP contribution in [-0.2, 0) is 43.0 Å². The molecule has 0 aromatic carbocycles. The van der Waals surface area contributed by atoms with E-state index in [-0.39, 0.29) is 0 Å². The number of nitrogens with zero attached hydrogens (tertiary/aromatic N) is 1. The van der Waals surface area contributed by atoms with Crippen molar-refractivity contribution in [2.45, 2.75) is 70.9 Å². The van der Waals surface area contributed by atoms with Gasteiger partial charge < -0.3 is 45.9 Å². The maximum atomic E-state index is 13.2. The van der Waals surface area contributed by atoms with Crippen LogP contribution in [0.5, 0.6) is 0 Å². The number of carbonyl (C=O) groups is 7. The van der Waals surface area contributed by atoms with Crippen molar-refractivity contribution < 1.29 is 53.2 Å². The van der Waals surface area contributed by atoms with Crippen LogP contribution in [0.3, 0.4) is 0 Å². The van der Waals surface area contributed by atoms with Gasteiger partial charge in [-0.15, -0.1) is 0 Å². The van der Waals surface area contributed by atoms with Gasteiger partial charge in [0.2, 0.25) is 23.6 Å². The van der Waals surface area contributed by atoms with Crippen LogP contribution in [0.15, 0.2) is 12.2 Å². The lowest BCUT2D eigenvalue weighted by Crippen LogP contribution is -2.64. The molecule has 0 aliphatic carbocycles. The Bertz CT molecular complexity index is 1050. The third kappa shape index (κ3) is 14.1. The second kappa shape index (κ2) is 18.5. The Morgan fingerprint density at radius 2 is 1.60 bits per heavy atom. The van der Waals surface area contributed by atoms with Crippen molar-refractivity contribution in [2.24, 2.45) is 11.8 Å². The number of aliphatic carboxylic acids is 2. The van der Waals surface area contributed by atoms with Crippen molar-refractivity contribution in [2.75, 3.05) is 33.8 Å². The Balaban J connectivity index is 3.32. The summed E-state index contributed by atoms with van der Waals surface area (Å²) < 4.78 is 11.0. The largest absolute Gasteiger partial charge is 0.481 e. The van der Waals surface area contributed by atoms with E-state index in [1.807, 2.05) is 11.8 Å². The van der Waals surface area contributed by atoms with Crippen molar-refractivity contribution >= 4 is 41.5 Å². The molecule has 1 rings (SSSR count). The van der Waals surface area contributed by atoms with E-state index in [0.717, 1.165) is 13.8 Å². The lowest BCUT2D eigenvalue weighted by Gasteiger charge is -2.46. The SMILES string of the molecule is CCCNC(=O)C(CC(=O)N[C@@H]1O[C@@H](COC(C)=O)[C@@H](CC(=O)O)[C@@H](CC(=O)O)[C@H]1NC(C)=O)NC(=O)/C=C/CN(C)C. The van der Waals surface area contributed by atoms with Crippen molar-refractivity contribution in [3.63, 3.8) is 0 Å². The van der Waals surface area contributed by atoms with Gasteiger partial charge in [-0.05, 0) is 26.4 Å². The summed E-state index contributed by atoms with van der Waals surface area (Å²) in [5.41, 5.74) is 0. The summed E-state index contributed by atoms with van der Waals surface area (Å²) in [6.45, 7) is 4.40. The molecule has 43 heavy (non-hydrogen) atoms. The Morgan fingerprint density at radius 1 is 0.977 bits per heavy atom. The van der Waals surface area contributed by atoms with E-state index in [0.29, 0.717) is 19.5 Å². The summed E-state index contributed by atoms with van der Waals surface area (Å²) in [5, 5.41) is 29.3. The fraction of sp³-hybridized carbons (Fsp3) is 0.667. The van der Waals surface area contributed by atoms with Crippen LogP contribution in [-0.4, -0.2) is 115 Å². The summed E-state index contributed by atoms with van der Waals surface area (Å²) in [5.74, 6) is -8.02. The van der Waals surface area contributed by atoms with Gasteiger partial charge >= 0.3 is 17.9 Å². The highest BCUT2D eigenvalue weighted by atomic mass is 16.6. The molecular weight excluding hydrogens is 570 g/mol. The average Bonchev–Trinajstić information content (AvgIpc) is 2.88. The van der Waals surface area contributed by atoms with Crippen molar-refractivity contribution in [3.05, 3.63) is 12.2 Å². The van der Waals surface area contributed by atoms with E-state index in [1.165, 1.54) is 6.08 Å². The van der Waals surface area contributed by atoms with Crippen LogP contribution in [0, 0.1) is 11.8 Å². The van der Waals surface area contributed by atoms with Gasteiger partial charge in [0.1, 0.15) is 12.6 Å². The van der Waals surface area contributed by atoms with Gasteiger partial charge in [-0.25, -0.2) is 0 Å². The maximum Gasteiger partial charge on any atom is 0.303 e. The van der Waals surface area contributed by atoms with Crippen molar-refractivity contribution in [3.8, 4) is 0 Å². The van der Waals surface area contributed by atoms with Crippen molar-refractivity contribution in [1.29, 1.82) is 0 Å². The third-order valence-electron chi connectivity index (χ3n) is 6.39. The molecule has 6 N–H and O–H groups in total. The van der Waals surface area contributed by atoms with E-state index in [9.17, 15) is 43.8 Å².